The molecule has 2 aliphatic rings. The summed E-state index contributed by atoms with van der Waals surface area (Å²) in [5.74, 6) is 2.12. The molecule has 0 saturated carbocycles. The zero-order valence-corrected chi connectivity index (χ0v) is 16.8. The summed E-state index contributed by atoms with van der Waals surface area (Å²) in [6.07, 6.45) is 1.07. The molecule has 0 aliphatic carbocycles. The summed E-state index contributed by atoms with van der Waals surface area (Å²) in [5.41, 5.74) is 2.80. The second-order valence-corrected chi connectivity index (χ2v) is 8.15. The van der Waals surface area contributed by atoms with Gasteiger partial charge in [0.25, 0.3) is 5.88 Å². The van der Waals surface area contributed by atoms with Gasteiger partial charge in [-0.2, -0.15) is 12.6 Å². The summed E-state index contributed by atoms with van der Waals surface area (Å²) in [4.78, 5) is 10.8. The number of rotatable bonds is 4. The molecule has 27 heavy (non-hydrogen) atoms. The van der Waals surface area contributed by atoms with E-state index in [4.69, 9.17) is 26.8 Å². The summed E-state index contributed by atoms with van der Waals surface area (Å²) < 4.78 is 17.4. The van der Waals surface area contributed by atoms with Crippen molar-refractivity contribution in [1.82, 2.24) is 14.9 Å². The first-order valence-corrected chi connectivity index (χ1v) is 9.73. The topological polar surface area (TPSA) is 56.7 Å². The van der Waals surface area contributed by atoms with Crippen molar-refractivity contribution in [3.05, 3.63) is 41.3 Å². The quantitative estimate of drug-likeness (QED) is 0.814. The minimum atomic E-state index is -0.516. The fraction of sp³-hybridized carbons (Fsp3) is 0.500. The number of aromatic nitrogens is 2. The molecule has 4 rings (SSSR count). The van der Waals surface area contributed by atoms with Crippen LogP contribution < -0.4 is 14.2 Å². The van der Waals surface area contributed by atoms with Crippen LogP contribution in [-0.4, -0.2) is 47.3 Å². The number of hydrogen-bond acceptors (Lipinski definition) is 7. The number of ether oxygens (including phenoxy) is 3. The fourth-order valence-electron chi connectivity index (χ4n) is 3.63. The molecule has 144 valence electrons. The molecular formula is C20H25N3O3S. The maximum Gasteiger partial charge on any atom is 0.257 e. The van der Waals surface area contributed by atoms with Crippen molar-refractivity contribution < 1.29 is 14.2 Å². The van der Waals surface area contributed by atoms with Gasteiger partial charge in [0.2, 0.25) is 0 Å². The molecule has 2 aromatic heterocycles. The predicted octanol–water partition coefficient (Wildman–Crippen LogP) is 3.12. The van der Waals surface area contributed by atoms with Gasteiger partial charge in [0.15, 0.2) is 5.75 Å². The molecule has 4 heterocycles. The summed E-state index contributed by atoms with van der Waals surface area (Å²) in [7, 11) is 0. The fourth-order valence-corrected chi connectivity index (χ4v) is 3.94. The molecule has 1 saturated heterocycles. The molecule has 0 spiro atoms. The van der Waals surface area contributed by atoms with E-state index in [1.165, 1.54) is 0 Å². The zero-order valence-electron chi connectivity index (χ0n) is 15.9. The Balaban J connectivity index is 1.47. The van der Waals surface area contributed by atoms with Crippen LogP contribution >= 0.6 is 12.6 Å². The lowest BCUT2D eigenvalue weighted by Crippen LogP contribution is -2.40. The molecule has 0 N–H and O–H groups in total. The van der Waals surface area contributed by atoms with Gasteiger partial charge in [0.1, 0.15) is 29.9 Å². The molecule has 6 nitrogen and oxygen atoms in total. The monoisotopic (exact) mass is 387 g/mol. The second kappa shape index (κ2) is 7.20. The van der Waals surface area contributed by atoms with Gasteiger partial charge in [-0.25, -0.2) is 4.98 Å². The third-order valence-corrected chi connectivity index (χ3v) is 5.52. The highest BCUT2D eigenvalue weighted by molar-refractivity contribution is 7.81. The van der Waals surface area contributed by atoms with Gasteiger partial charge in [-0.1, -0.05) is 0 Å². The van der Waals surface area contributed by atoms with Gasteiger partial charge >= 0.3 is 0 Å². The summed E-state index contributed by atoms with van der Waals surface area (Å²) in [6.45, 7) is 8.80. The highest BCUT2D eigenvalue weighted by atomic mass is 32.1. The number of fused-ring (bicyclic) bond motifs is 1. The summed E-state index contributed by atoms with van der Waals surface area (Å²) in [5, 5.41) is 0. The highest BCUT2D eigenvalue weighted by Crippen LogP contribution is 2.38. The Labute approximate surface area is 165 Å². The van der Waals surface area contributed by atoms with Crippen LogP contribution in [0.5, 0.6) is 17.4 Å². The first kappa shape index (κ1) is 18.4. The maximum atomic E-state index is 6.21. The Morgan fingerprint density at radius 1 is 1.15 bits per heavy atom. The largest absolute Gasteiger partial charge is 0.489 e. The average Bonchev–Trinajstić information content (AvgIpc) is 3.09. The molecule has 0 bridgehead atoms. The predicted molar refractivity (Wildman–Crippen MR) is 106 cm³/mol. The second-order valence-electron chi connectivity index (χ2n) is 7.28. The van der Waals surface area contributed by atoms with Crippen molar-refractivity contribution in [3.8, 4) is 17.4 Å². The standard InChI is InChI=1S/C20H25N3O3S/c1-13-10-16(11-14(2)21-13)26-15-6-7-23(12-15)20(3,27)18-5-4-17-19(22-18)25-9-8-24-17/h4-5,10-11,15,27H,6-9,12H2,1-3H3/t15-,20+/m1/s1. The first-order valence-electron chi connectivity index (χ1n) is 9.28. The number of aryl methyl sites for hydroxylation is 2. The summed E-state index contributed by atoms with van der Waals surface area (Å²) >= 11 is 4.94. The Kier molecular flexibility index (Phi) is 4.90. The van der Waals surface area contributed by atoms with E-state index in [1.54, 1.807) is 0 Å². The maximum absolute atomic E-state index is 6.21. The molecular weight excluding hydrogens is 362 g/mol. The molecule has 0 aromatic carbocycles. The Morgan fingerprint density at radius 2 is 1.89 bits per heavy atom. The van der Waals surface area contributed by atoms with E-state index in [0.717, 1.165) is 42.3 Å². The van der Waals surface area contributed by atoms with E-state index < -0.39 is 4.87 Å². The van der Waals surface area contributed by atoms with Crippen molar-refractivity contribution in [3.63, 3.8) is 0 Å². The van der Waals surface area contributed by atoms with Gasteiger partial charge in [0.05, 0.1) is 5.69 Å². The zero-order chi connectivity index (χ0) is 19.0. The van der Waals surface area contributed by atoms with Crippen molar-refractivity contribution in [2.45, 2.75) is 38.2 Å². The number of likely N-dealkylation sites (tertiary alicyclic amines) is 1. The molecule has 0 radical (unpaired) electrons. The smallest absolute Gasteiger partial charge is 0.257 e. The first-order chi connectivity index (χ1) is 12.9. The van der Waals surface area contributed by atoms with Crippen LogP contribution in [0, 0.1) is 13.8 Å². The summed E-state index contributed by atoms with van der Waals surface area (Å²) in [6, 6.07) is 7.85. The van der Waals surface area contributed by atoms with Crippen LogP contribution in [0.25, 0.3) is 0 Å². The highest BCUT2D eigenvalue weighted by Gasteiger charge is 2.38. The van der Waals surface area contributed by atoms with Gasteiger partial charge in [-0.05, 0) is 39.3 Å². The van der Waals surface area contributed by atoms with Crippen molar-refractivity contribution in [2.24, 2.45) is 0 Å². The SMILES string of the molecule is Cc1cc(O[C@@H]2CCN([C@@](C)(S)c3ccc4c(n3)OCCO4)C2)cc(C)n1. The van der Waals surface area contributed by atoms with Crippen molar-refractivity contribution >= 4 is 12.6 Å². The van der Waals surface area contributed by atoms with Gasteiger partial charge in [-0.3, -0.25) is 9.88 Å². The van der Waals surface area contributed by atoms with Crippen LogP contribution in [0.15, 0.2) is 24.3 Å². The lowest BCUT2D eigenvalue weighted by atomic mass is 10.1. The number of hydrogen-bond donors (Lipinski definition) is 1. The van der Waals surface area contributed by atoms with E-state index in [9.17, 15) is 0 Å². The molecule has 1 fully saturated rings. The Hall–Kier alpha value is -1.99. The third-order valence-electron chi connectivity index (χ3n) is 5.01. The van der Waals surface area contributed by atoms with E-state index in [0.29, 0.717) is 24.8 Å². The van der Waals surface area contributed by atoms with Gasteiger partial charge < -0.3 is 14.2 Å². The lowest BCUT2D eigenvalue weighted by molar-refractivity contribution is 0.156. The van der Waals surface area contributed by atoms with Crippen LogP contribution in [-0.2, 0) is 4.87 Å². The van der Waals surface area contributed by atoms with E-state index in [1.807, 2.05) is 38.1 Å². The molecule has 2 atom stereocenters. The van der Waals surface area contributed by atoms with E-state index in [2.05, 4.69) is 21.8 Å². The van der Waals surface area contributed by atoms with Crippen LogP contribution in [0.2, 0.25) is 0 Å². The van der Waals surface area contributed by atoms with Crippen molar-refractivity contribution in [1.29, 1.82) is 0 Å². The van der Waals surface area contributed by atoms with Crippen LogP contribution in [0.4, 0.5) is 0 Å². The minimum Gasteiger partial charge on any atom is -0.489 e. The van der Waals surface area contributed by atoms with Gasteiger partial charge in [-0.15, -0.1) is 0 Å². The minimum absolute atomic E-state index is 0.120. The van der Waals surface area contributed by atoms with E-state index >= 15 is 0 Å². The number of pyridine rings is 2. The van der Waals surface area contributed by atoms with Crippen LogP contribution in [0.1, 0.15) is 30.4 Å². The molecule has 2 aromatic rings. The van der Waals surface area contributed by atoms with Crippen LogP contribution in [0.3, 0.4) is 0 Å². The molecule has 2 aliphatic heterocycles. The average molecular weight is 388 g/mol. The van der Waals surface area contributed by atoms with Crippen molar-refractivity contribution in [2.75, 3.05) is 26.3 Å². The Bertz CT molecular complexity index is 823. The van der Waals surface area contributed by atoms with E-state index in [-0.39, 0.29) is 6.10 Å². The number of thiol groups is 1. The molecule has 0 unspecified atom stereocenters. The molecule has 7 heteroatoms. The van der Waals surface area contributed by atoms with Gasteiger partial charge in [0, 0.05) is 36.6 Å². The number of nitrogens with zero attached hydrogens (tertiary/aromatic N) is 3. The molecule has 0 amide bonds. The Morgan fingerprint density at radius 3 is 2.67 bits per heavy atom. The normalized spacial score (nSPS) is 21.7. The lowest BCUT2D eigenvalue weighted by Gasteiger charge is -2.34. The third kappa shape index (κ3) is 3.84.